The van der Waals surface area contributed by atoms with Gasteiger partial charge in [-0.2, -0.15) is 0 Å². The molecule has 0 bridgehead atoms. The summed E-state index contributed by atoms with van der Waals surface area (Å²) in [6.45, 7) is 7.32. The van der Waals surface area contributed by atoms with E-state index in [1.54, 1.807) is 0 Å². The van der Waals surface area contributed by atoms with Crippen LogP contribution in [0.5, 0.6) is 0 Å². The molecule has 3 nitrogen and oxygen atoms in total. The molecule has 1 saturated carbocycles. The summed E-state index contributed by atoms with van der Waals surface area (Å²) in [6.07, 6.45) is 4.93. The van der Waals surface area contributed by atoms with Gasteiger partial charge in [-0.15, -0.1) is 0 Å². The van der Waals surface area contributed by atoms with E-state index < -0.39 is 0 Å². The van der Waals surface area contributed by atoms with Crippen LogP contribution < -0.4 is 10.6 Å². The fourth-order valence-electron chi connectivity index (χ4n) is 2.54. The minimum atomic E-state index is 0.222. The number of nitrogens with one attached hydrogen (secondary N) is 2. The molecule has 1 heterocycles. The smallest absolute Gasteiger partial charge is 0.223 e. The zero-order valence-electron chi connectivity index (χ0n) is 10.5. The van der Waals surface area contributed by atoms with Crippen molar-refractivity contribution in [1.29, 1.82) is 0 Å². The van der Waals surface area contributed by atoms with Gasteiger partial charge in [-0.1, -0.05) is 13.8 Å². The minimum Gasteiger partial charge on any atom is -0.355 e. The van der Waals surface area contributed by atoms with Gasteiger partial charge >= 0.3 is 0 Å². The SMILES string of the molecule is CC(C(=O)NCC1(C)CCCNC1)C1CC1. The number of hydrogen-bond acceptors (Lipinski definition) is 2. The van der Waals surface area contributed by atoms with E-state index in [0.717, 1.165) is 19.6 Å². The standard InChI is InChI=1S/C13H24N2O/c1-10(11-4-5-11)12(16)15-9-13(2)6-3-7-14-8-13/h10-11,14H,3-9H2,1-2H3,(H,15,16). The van der Waals surface area contributed by atoms with E-state index in [1.807, 2.05) is 0 Å². The third kappa shape index (κ3) is 2.97. The van der Waals surface area contributed by atoms with Crippen molar-refractivity contribution in [1.82, 2.24) is 10.6 Å². The molecule has 1 amide bonds. The molecule has 2 aliphatic rings. The van der Waals surface area contributed by atoms with Gasteiger partial charge in [0.1, 0.15) is 0 Å². The van der Waals surface area contributed by atoms with E-state index in [9.17, 15) is 4.79 Å². The lowest BCUT2D eigenvalue weighted by molar-refractivity contribution is -0.125. The van der Waals surface area contributed by atoms with Crippen LogP contribution in [-0.2, 0) is 4.79 Å². The summed E-state index contributed by atoms with van der Waals surface area (Å²) < 4.78 is 0. The molecule has 16 heavy (non-hydrogen) atoms. The Balaban J connectivity index is 1.74. The number of piperidine rings is 1. The summed E-state index contributed by atoms with van der Waals surface area (Å²) >= 11 is 0. The second-order valence-corrected chi connectivity index (χ2v) is 5.93. The van der Waals surface area contributed by atoms with Gasteiger partial charge in [0, 0.05) is 19.0 Å². The van der Waals surface area contributed by atoms with Crippen molar-refractivity contribution in [3.8, 4) is 0 Å². The number of carbonyl (C=O) groups is 1. The largest absolute Gasteiger partial charge is 0.355 e. The lowest BCUT2D eigenvalue weighted by atomic mass is 9.82. The van der Waals surface area contributed by atoms with Crippen LogP contribution in [0.2, 0.25) is 0 Å². The van der Waals surface area contributed by atoms with Crippen molar-refractivity contribution in [2.75, 3.05) is 19.6 Å². The van der Waals surface area contributed by atoms with Crippen LogP contribution in [0.15, 0.2) is 0 Å². The van der Waals surface area contributed by atoms with Crippen molar-refractivity contribution >= 4 is 5.91 Å². The zero-order chi connectivity index (χ0) is 11.6. The number of rotatable bonds is 4. The highest BCUT2D eigenvalue weighted by molar-refractivity contribution is 5.78. The maximum absolute atomic E-state index is 11.9. The van der Waals surface area contributed by atoms with Crippen LogP contribution in [0.25, 0.3) is 0 Å². The van der Waals surface area contributed by atoms with Crippen LogP contribution in [0.4, 0.5) is 0 Å². The molecule has 3 heteroatoms. The van der Waals surface area contributed by atoms with E-state index in [4.69, 9.17) is 0 Å². The summed E-state index contributed by atoms with van der Waals surface area (Å²) in [7, 11) is 0. The Bertz CT molecular complexity index is 255. The molecule has 2 unspecified atom stereocenters. The van der Waals surface area contributed by atoms with Crippen molar-refractivity contribution in [3.05, 3.63) is 0 Å². The Morgan fingerprint density at radius 3 is 2.88 bits per heavy atom. The quantitative estimate of drug-likeness (QED) is 0.760. The first-order chi connectivity index (χ1) is 7.61. The van der Waals surface area contributed by atoms with Gasteiger partial charge in [0.05, 0.1) is 0 Å². The Labute approximate surface area is 98.4 Å². The predicted octanol–water partition coefficient (Wildman–Crippen LogP) is 1.54. The highest BCUT2D eigenvalue weighted by Crippen LogP contribution is 2.36. The fourth-order valence-corrected chi connectivity index (χ4v) is 2.54. The van der Waals surface area contributed by atoms with Gasteiger partial charge in [-0.25, -0.2) is 0 Å². The van der Waals surface area contributed by atoms with Crippen molar-refractivity contribution < 1.29 is 4.79 Å². The molecule has 2 N–H and O–H groups in total. The molecular weight excluding hydrogens is 200 g/mol. The Morgan fingerprint density at radius 1 is 1.56 bits per heavy atom. The highest BCUT2D eigenvalue weighted by Gasteiger charge is 2.34. The third-order valence-corrected chi connectivity index (χ3v) is 4.12. The monoisotopic (exact) mass is 224 g/mol. The predicted molar refractivity (Wildman–Crippen MR) is 65.1 cm³/mol. The van der Waals surface area contributed by atoms with Crippen LogP contribution >= 0.6 is 0 Å². The third-order valence-electron chi connectivity index (χ3n) is 4.12. The summed E-state index contributed by atoms with van der Waals surface area (Å²) in [4.78, 5) is 11.9. The van der Waals surface area contributed by atoms with Gasteiger partial charge in [-0.05, 0) is 43.6 Å². The summed E-state index contributed by atoms with van der Waals surface area (Å²) in [6, 6.07) is 0. The Morgan fingerprint density at radius 2 is 2.31 bits per heavy atom. The van der Waals surface area contributed by atoms with E-state index in [-0.39, 0.29) is 17.2 Å². The number of hydrogen-bond donors (Lipinski definition) is 2. The molecule has 0 aromatic rings. The second kappa shape index (κ2) is 4.74. The van der Waals surface area contributed by atoms with Gasteiger partial charge in [0.2, 0.25) is 5.91 Å². The fraction of sp³-hybridized carbons (Fsp3) is 0.923. The van der Waals surface area contributed by atoms with Crippen molar-refractivity contribution in [3.63, 3.8) is 0 Å². The van der Waals surface area contributed by atoms with Gasteiger partial charge in [-0.3, -0.25) is 4.79 Å². The first-order valence-electron chi connectivity index (χ1n) is 6.59. The van der Waals surface area contributed by atoms with Gasteiger partial charge in [0.15, 0.2) is 0 Å². The minimum absolute atomic E-state index is 0.222. The summed E-state index contributed by atoms with van der Waals surface area (Å²) in [5.74, 6) is 1.15. The number of amides is 1. The molecular formula is C13H24N2O. The Hall–Kier alpha value is -0.570. The molecule has 92 valence electrons. The zero-order valence-corrected chi connectivity index (χ0v) is 10.5. The van der Waals surface area contributed by atoms with Crippen LogP contribution in [0.3, 0.4) is 0 Å². The molecule has 0 aromatic carbocycles. The van der Waals surface area contributed by atoms with Crippen LogP contribution in [0.1, 0.15) is 39.5 Å². The number of carbonyl (C=O) groups excluding carboxylic acids is 1. The van der Waals surface area contributed by atoms with E-state index in [1.165, 1.54) is 25.7 Å². The molecule has 1 aliphatic heterocycles. The molecule has 0 spiro atoms. The average Bonchev–Trinajstić information content (AvgIpc) is 3.10. The average molecular weight is 224 g/mol. The van der Waals surface area contributed by atoms with Crippen molar-refractivity contribution in [2.24, 2.45) is 17.3 Å². The molecule has 1 saturated heterocycles. The molecule has 0 aromatic heterocycles. The van der Waals surface area contributed by atoms with Crippen LogP contribution in [0, 0.1) is 17.3 Å². The maximum Gasteiger partial charge on any atom is 0.223 e. The molecule has 1 aliphatic carbocycles. The van der Waals surface area contributed by atoms with E-state index >= 15 is 0 Å². The van der Waals surface area contributed by atoms with E-state index in [0.29, 0.717) is 5.92 Å². The Kier molecular flexibility index (Phi) is 3.53. The maximum atomic E-state index is 11.9. The van der Waals surface area contributed by atoms with Gasteiger partial charge in [0.25, 0.3) is 0 Å². The first-order valence-corrected chi connectivity index (χ1v) is 6.59. The first kappa shape index (κ1) is 11.9. The lowest BCUT2D eigenvalue weighted by Gasteiger charge is -2.34. The molecule has 2 atom stereocenters. The van der Waals surface area contributed by atoms with Crippen molar-refractivity contribution in [2.45, 2.75) is 39.5 Å². The summed E-state index contributed by atoms with van der Waals surface area (Å²) in [5.41, 5.74) is 0.261. The lowest BCUT2D eigenvalue weighted by Crippen LogP contribution is -2.46. The topological polar surface area (TPSA) is 41.1 Å². The molecule has 2 rings (SSSR count). The molecule has 2 fully saturated rings. The second-order valence-electron chi connectivity index (χ2n) is 5.93. The van der Waals surface area contributed by atoms with Gasteiger partial charge < -0.3 is 10.6 Å². The van der Waals surface area contributed by atoms with Crippen LogP contribution in [-0.4, -0.2) is 25.5 Å². The molecule has 0 radical (unpaired) electrons. The highest BCUT2D eigenvalue weighted by atomic mass is 16.1. The normalized spacial score (nSPS) is 32.1. The van der Waals surface area contributed by atoms with E-state index in [2.05, 4.69) is 24.5 Å². The summed E-state index contributed by atoms with van der Waals surface area (Å²) in [5, 5.41) is 6.55.